The van der Waals surface area contributed by atoms with E-state index >= 15 is 0 Å². The Morgan fingerprint density at radius 1 is 1.21 bits per heavy atom. The number of carbonyl (C=O) groups excluding carboxylic acids is 2. The summed E-state index contributed by atoms with van der Waals surface area (Å²) < 4.78 is 67.3. The molecule has 2 heterocycles. The summed E-state index contributed by atoms with van der Waals surface area (Å²) in [6, 6.07) is 13.4. The number of rotatable bonds is 6. The first kappa shape index (κ1) is 25.8. The highest BCUT2D eigenvalue weighted by Crippen LogP contribution is 2.44. The fourth-order valence-electron chi connectivity index (χ4n) is 5.01. The molecule has 0 saturated carbocycles. The lowest BCUT2D eigenvalue weighted by Gasteiger charge is -2.35. The van der Waals surface area contributed by atoms with Crippen LogP contribution in [0.5, 0.6) is 5.75 Å². The molecular weight excluding hydrogens is 525 g/mol. The molecule has 0 bridgehead atoms. The van der Waals surface area contributed by atoms with Gasteiger partial charge in [-0.25, -0.2) is 13.1 Å². The number of anilines is 1. The lowest BCUT2D eigenvalue weighted by molar-refractivity contribution is -0.153. The Kier molecular flexibility index (Phi) is 6.21. The van der Waals surface area contributed by atoms with Crippen molar-refractivity contribution < 1.29 is 35.9 Å². The van der Waals surface area contributed by atoms with Crippen molar-refractivity contribution in [3.63, 3.8) is 0 Å². The van der Waals surface area contributed by atoms with Gasteiger partial charge in [0.05, 0.1) is 16.9 Å². The smallest absolute Gasteiger partial charge is 0.422 e. The topological polar surface area (TPSA) is 119 Å². The van der Waals surface area contributed by atoms with Crippen molar-refractivity contribution in [2.75, 3.05) is 23.9 Å². The number of aromatic nitrogens is 2. The van der Waals surface area contributed by atoms with Gasteiger partial charge in [0.15, 0.2) is 16.4 Å². The SMILES string of the molecule is CS(=O)(=O)CC(=O)Nc1c2c(nn1-c1ccccc1)C[C@]1(CCc3cc(OCC(F)(F)F)ccc31)NC2=O. The highest BCUT2D eigenvalue weighted by atomic mass is 32.2. The molecule has 0 saturated heterocycles. The number of ether oxygens (including phenoxy) is 1. The molecule has 200 valence electrons. The van der Waals surface area contributed by atoms with E-state index in [1.165, 1.54) is 10.7 Å². The molecule has 5 rings (SSSR count). The summed E-state index contributed by atoms with van der Waals surface area (Å²) in [5, 5.41) is 10.2. The number of alkyl halides is 3. The van der Waals surface area contributed by atoms with Gasteiger partial charge in [-0.15, -0.1) is 0 Å². The van der Waals surface area contributed by atoms with E-state index in [4.69, 9.17) is 4.74 Å². The van der Waals surface area contributed by atoms with Gasteiger partial charge in [0, 0.05) is 12.7 Å². The predicted molar refractivity (Wildman–Crippen MR) is 131 cm³/mol. The van der Waals surface area contributed by atoms with Crippen LogP contribution in [-0.2, 0) is 33.0 Å². The molecule has 0 radical (unpaired) electrons. The molecule has 2 amide bonds. The first-order chi connectivity index (χ1) is 17.8. The molecule has 1 spiro atoms. The maximum Gasteiger partial charge on any atom is 0.422 e. The molecule has 1 aliphatic carbocycles. The molecule has 2 aromatic carbocycles. The van der Waals surface area contributed by atoms with E-state index in [-0.39, 0.29) is 23.6 Å². The van der Waals surface area contributed by atoms with Crippen LogP contribution in [-0.4, -0.2) is 54.8 Å². The van der Waals surface area contributed by atoms with Crippen molar-refractivity contribution in [2.45, 2.75) is 31.0 Å². The zero-order valence-electron chi connectivity index (χ0n) is 20.1. The van der Waals surface area contributed by atoms with Crippen LogP contribution in [0.3, 0.4) is 0 Å². The molecule has 9 nitrogen and oxygen atoms in total. The maximum atomic E-state index is 13.5. The molecule has 2 N–H and O–H groups in total. The van der Waals surface area contributed by atoms with Crippen LogP contribution >= 0.6 is 0 Å². The lowest BCUT2D eigenvalue weighted by atomic mass is 9.82. The number of halogens is 3. The van der Waals surface area contributed by atoms with Crippen molar-refractivity contribution in [3.05, 3.63) is 70.9 Å². The van der Waals surface area contributed by atoms with Crippen LogP contribution < -0.4 is 15.4 Å². The Bertz CT molecular complexity index is 1540. The van der Waals surface area contributed by atoms with Crippen molar-refractivity contribution in [3.8, 4) is 11.4 Å². The summed E-state index contributed by atoms with van der Waals surface area (Å²) in [4.78, 5) is 26.0. The van der Waals surface area contributed by atoms with E-state index in [1.54, 1.807) is 42.5 Å². The van der Waals surface area contributed by atoms with Gasteiger partial charge in [0.1, 0.15) is 22.9 Å². The number of carbonyl (C=O) groups is 2. The van der Waals surface area contributed by atoms with Gasteiger partial charge in [-0.3, -0.25) is 9.59 Å². The van der Waals surface area contributed by atoms with Crippen molar-refractivity contribution in [2.24, 2.45) is 0 Å². The lowest BCUT2D eigenvalue weighted by Crippen LogP contribution is -2.49. The molecule has 1 aromatic heterocycles. The number of nitrogens with one attached hydrogen (secondary N) is 2. The predicted octanol–water partition coefficient (Wildman–Crippen LogP) is 2.92. The minimum atomic E-state index is -4.46. The number of hydrogen-bond donors (Lipinski definition) is 2. The summed E-state index contributed by atoms with van der Waals surface area (Å²) in [6.07, 6.45) is -2.27. The van der Waals surface area contributed by atoms with Gasteiger partial charge in [-0.1, -0.05) is 24.3 Å². The zero-order chi connectivity index (χ0) is 27.3. The van der Waals surface area contributed by atoms with Crippen LogP contribution in [0.15, 0.2) is 48.5 Å². The Hall–Kier alpha value is -3.87. The fourth-order valence-corrected chi connectivity index (χ4v) is 5.56. The average Bonchev–Trinajstić information content (AvgIpc) is 3.35. The average molecular weight is 549 g/mol. The Balaban J connectivity index is 1.51. The minimum Gasteiger partial charge on any atom is -0.484 e. The molecule has 2 aliphatic rings. The Labute approximate surface area is 215 Å². The second-order valence-corrected chi connectivity index (χ2v) is 11.6. The van der Waals surface area contributed by atoms with Crippen LogP contribution in [0, 0.1) is 0 Å². The normalized spacial score (nSPS) is 18.6. The standard InChI is InChI=1S/C25H23F3N4O5S/c1-38(35,36)13-20(33)29-22-21-19(31-32(22)16-5-3-2-4-6-16)12-24(30-23(21)34)10-9-15-11-17(7-8-18(15)24)37-14-25(26,27)28/h2-8,11H,9-10,12-14H2,1H3,(H,29,33)(H,30,34)/t24-/m0/s1. The zero-order valence-corrected chi connectivity index (χ0v) is 20.9. The molecule has 0 fully saturated rings. The summed E-state index contributed by atoms with van der Waals surface area (Å²) in [5.74, 6) is -1.93. The second-order valence-electron chi connectivity index (χ2n) is 9.47. The number of sulfone groups is 1. The molecular formula is C25H23F3N4O5S. The molecule has 1 aliphatic heterocycles. The summed E-state index contributed by atoms with van der Waals surface area (Å²) in [6.45, 7) is -1.40. The number of para-hydroxylation sites is 1. The molecule has 1 atom stereocenters. The molecule has 3 aromatic rings. The van der Waals surface area contributed by atoms with E-state index in [9.17, 15) is 31.2 Å². The van der Waals surface area contributed by atoms with Gasteiger partial charge >= 0.3 is 6.18 Å². The monoisotopic (exact) mass is 548 g/mol. The first-order valence-corrected chi connectivity index (χ1v) is 13.7. The van der Waals surface area contributed by atoms with Crippen molar-refractivity contribution in [1.82, 2.24) is 15.1 Å². The number of aryl methyl sites for hydroxylation is 1. The molecule has 0 unspecified atom stereocenters. The highest BCUT2D eigenvalue weighted by molar-refractivity contribution is 7.91. The molecule has 13 heteroatoms. The number of hydrogen-bond acceptors (Lipinski definition) is 6. The third kappa shape index (κ3) is 5.10. The van der Waals surface area contributed by atoms with Crippen molar-refractivity contribution in [1.29, 1.82) is 0 Å². The number of fused-ring (bicyclic) bond motifs is 3. The van der Waals surface area contributed by atoms with Crippen molar-refractivity contribution >= 4 is 27.5 Å². The Morgan fingerprint density at radius 3 is 2.63 bits per heavy atom. The fraction of sp³-hybridized carbons (Fsp3) is 0.320. The second kappa shape index (κ2) is 9.15. The molecule has 38 heavy (non-hydrogen) atoms. The van der Waals surface area contributed by atoms with Crippen LogP contribution in [0.4, 0.5) is 19.0 Å². The van der Waals surface area contributed by atoms with E-state index in [1.807, 2.05) is 0 Å². The quantitative estimate of drug-likeness (QED) is 0.489. The van der Waals surface area contributed by atoms with E-state index in [0.29, 0.717) is 24.2 Å². The van der Waals surface area contributed by atoms with Gasteiger partial charge in [-0.2, -0.15) is 18.3 Å². The van der Waals surface area contributed by atoms with Gasteiger partial charge in [0.2, 0.25) is 5.91 Å². The highest BCUT2D eigenvalue weighted by Gasteiger charge is 2.47. The van der Waals surface area contributed by atoms with Crippen LogP contribution in [0.1, 0.15) is 33.6 Å². The minimum absolute atomic E-state index is 0.0568. The van der Waals surface area contributed by atoms with E-state index in [0.717, 1.165) is 17.4 Å². The number of nitrogens with zero attached hydrogens (tertiary/aromatic N) is 2. The van der Waals surface area contributed by atoms with Gasteiger partial charge in [-0.05, 0) is 48.2 Å². The largest absolute Gasteiger partial charge is 0.484 e. The third-order valence-electron chi connectivity index (χ3n) is 6.47. The third-order valence-corrected chi connectivity index (χ3v) is 7.26. The van der Waals surface area contributed by atoms with Crippen LogP contribution in [0.25, 0.3) is 5.69 Å². The summed E-state index contributed by atoms with van der Waals surface area (Å²) >= 11 is 0. The van der Waals surface area contributed by atoms with E-state index < -0.39 is 45.7 Å². The van der Waals surface area contributed by atoms with E-state index in [2.05, 4.69) is 15.7 Å². The number of benzene rings is 2. The summed E-state index contributed by atoms with van der Waals surface area (Å²) in [7, 11) is -3.62. The Morgan fingerprint density at radius 2 is 1.95 bits per heavy atom. The van der Waals surface area contributed by atoms with Gasteiger partial charge in [0.25, 0.3) is 5.91 Å². The summed E-state index contributed by atoms with van der Waals surface area (Å²) in [5.41, 5.74) is 1.76. The van der Waals surface area contributed by atoms with Crippen LogP contribution in [0.2, 0.25) is 0 Å². The number of amides is 2. The first-order valence-electron chi connectivity index (χ1n) is 11.6. The maximum absolute atomic E-state index is 13.5. The van der Waals surface area contributed by atoms with Gasteiger partial charge < -0.3 is 15.4 Å².